The van der Waals surface area contributed by atoms with Gasteiger partial charge in [-0.1, -0.05) is 26.0 Å². The average Bonchev–Trinajstić information content (AvgIpc) is 2.44. The molecule has 0 amide bonds. The maximum absolute atomic E-state index is 5.78. The smallest absolute Gasteiger partial charge is 0.120 e. The molecule has 1 heterocycles. The Morgan fingerprint density at radius 3 is 2.63 bits per heavy atom. The van der Waals surface area contributed by atoms with Gasteiger partial charge in [-0.15, -0.1) is 0 Å². The second-order valence-corrected chi connectivity index (χ2v) is 4.83. The molecule has 1 N–H and O–H groups in total. The topological polar surface area (TPSA) is 34.1 Å². The minimum Gasteiger partial charge on any atom is -0.489 e. The number of hydrogen-bond acceptors (Lipinski definition) is 3. The number of ether oxygens (including phenoxy) is 1. The van der Waals surface area contributed by atoms with E-state index in [2.05, 4.69) is 36.3 Å². The molecular weight excluding hydrogens is 236 g/mol. The first kappa shape index (κ1) is 13.6. The Morgan fingerprint density at radius 2 is 1.89 bits per heavy atom. The van der Waals surface area contributed by atoms with Crippen molar-refractivity contribution in [3.63, 3.8) is 0 Å². The first-order valence-electron chi connectivity index (χ1n) is 6.58. The number of hydrogen-bond donors (Lipinski definition) is 1. The van der Waals surface area contributed by atoms with Gasteiger partial charge in [0.15, 0.2) is 0 Å². The van der Waals surface area contributed by atoms with Crippen LogP contribution < -0.4 is 10.1 Å². The second kappa shape index (κ2) is 6.90. The molecule has 0 fully saturated rings. The fourth-order valence-corrected chi connectivity index (χ4v) is 1.71. The van der Waals surface area contributed by atoms with E-state index in [1.54, 1.807) is 12.4 Å². The summed E-state index contributed by atoms with van der Waals surface area (Å²) in [7, 11) is 0. The maximum Gasteiger partial charge on any atom is 0.120 e. The molecule has 3 heteroatoms. The molecule has 0 bridgehead atoms. The van der Waals surface area contributed by atoms with Gasteiger partial charge >= 0.3 is 0 Å². The quantitative estimate of drug-likeness (QED) is 0.862. The van der Waals surface area contributed by atoms with E-state index in [-0.39, 0.29) is 0 Å². The normalized spacial score (nSPS) is 10.7. The van der Waals surface area contributed by atoms with Crippen molar-refractivity contribution in [3.05, 3.63) is 59.9 Å². The van der Waals surface area contributed by atoms with E-state index in [1.807, 2.05) is 24.3 Å². The third-order valence-electron chi connectivity index (χ3n) is 2.77. The zero-order valence-corrected chi connectivity index (χ0v) is 11.5. The molecule has 0 radical (unpaired) electrons. The third kappa shape index (κ3) is 4.72. The summed E-state index contributed by atoms with van der Waals surface area (Å²) in [5, 5.41) is 3.40. The summed E-state index contributed by atoms with van der Waals surface area (Å²) in [4.78, 5) is 3.99. The highest BCUT2D eigenvalue weighted by atomic mass is 16.5. The zero-order chi connectivity index (χ0) is 13.5. The predicted octanol–water partition coefficient (Wildman–Crippen LogP) is 3.16. The van der Waals surface area contributed by atoms with Gasteiger partial charge in [-0.2, -0.15) is 0 Å². The van der Waals surface area contributed by atoms with Crippen LogP contribution >= 0.6 is 0 Å². The van der Waals surface area contributed by atoms with Crippen molar-refractivity contribution in [2.24, 2.45) is 0 Å². The van der Waals surface area contributed by atoms with Crippen LogP contribution in [0.15, 0.2) is 48.8 Å². The van der Waals surface area contributed by atoms with E-state index in [9.17, 15) is 0 Å². The number of nitrogens with one attached hydrogen (secondary N) is 1. The molecule has 0 saturated carbocycles. The first-order chi connectivity index (χ1) is 9.24. The summed E-state index contributed by atoms with van der Waals surface area (Å²) < 4.78 is 5.78. The van der Waals surface area contributed by atoms with Gasteiger partial charge in [-0.05, 0) is 35.4 Å². The molecule has 1 aromatic heterocycles. The molecule has 0 spiro atoms. The monoisotopic (exact) mass is 256 g/mol. The van der Waals surface area contributed by atoms with Crippen LogP contribution in [0.25, 0.3) is 0 Å². The lowest BCUT2D eigenvalue weighted by molar-refractivity contribution is 0.305. The van der Waals surface area contributed by atoms with Crippen molar-refractivity contribution in [3.8, 4) is 5.75 Å². The van der Waals surface area contributed by atoms with E-state index >= 15 is 0 Å². The number of rotatable bonds is 6. The summed E-state index contributed by atoms with van der Waals surface area (Å²) >= 11 is 0. The Balaban J connectivity index is 1.91. The van der Waals surface area contributed by atoms with Crippen LogP contribution in [0.3, 0.4) is 0 Å². The van der Waals surface area contributed by atoms with Crippen LogP contribution in [0.1, 0.15) is 25.0 Å². The SMILES string of the molecule is CC(C)NCc1cccc(OCc2ccncc2)c1. The van der Waals surface area contributed by atoms with Gasteiger partial charge in [0.2, 0.25) is 0 Å². The maximum atomic E-state index is 5.78. The molecule has 0 unspecified atom stereocenters. The van der Waals surface area contributed by atoms with E-state index in [4.69, 9.17) is 4.74 Å². The molecule has 2 rings (SSSR count). The number of nitrogens with zero attached hydrogens (tertiary/aromatic N) is 1. The third-order valence-corrected chi connectivity index (χ3v) is 2.77. The molecule has 0 aliphatic carbocycles. The van der Waals surface area contributed by atoms with E-state index in [0.29, 0.717) is 12.6 Å². The lowest BCUT2D eigenvalue weighted by Gasteiger charge is -2.10. The highest BCUT2D eigenvalue weighted by Gasteiger charge is 1.99. The summed E-state index contributed by atoms with van der Waals surface area (Å²) in [6.07, 6.45) is 3.56. The van der Waals surface area contributed by atoms with Crippen LogP contribution in [0.2, 0.25) is 0 Å². The van der Waals surface area contributed by atoms with Crippen molar-refractivity contribution in [2.45, 2.75) is 33.0 Å². The van der Waals surface area contributed by atoms with Gasteiger partial charge in [-0.25, -0.2) is 0 Å². The van der Waals surface area contributed by atoms with Crippen molar-refractivity contribution in [2.75, 3.05) is 0 Å². The van der Waals surface area contributed by atoms with Crippen molar-refractivity contribution in [1.29, 1.82) is 0 Å². The molecule has 100 valence electrons. The van der Waals surface area contributed by atoms with Crippen molar-refractivity contribution >= 4 is 0 Å². The molecule has 3 nitrogen and oxygen atoms in total. The first-order valence-corrected chi connectivity index (χ1v) is 6.58. The zero-order valence-electron chi connectivity index (χ0n) is 11.5. The molecule has 19 heavy (non-hydrogen) atoms. The molecule has 0 atom stereocenters. The van der Waals surface area contributed by atoms with E-state index < -0.39 is 0 Å². The molecule has 2 aromatic rings. The summed E-state index contributed by atoms with van der Waals surface area (Å²) in [6.45, 7) is 5.72. The minimum absolute atomic E-state index is 0.487. The van der Waals surface area contributed by atoms with E-state index in [1.165, 1.54) is 5.56 Å². The number of benzene rings is 1. The highest BCUT2D eigenvalue weighted by Crippen LogP contribution is 2.15. The van der Waals surface area contributed by atoms with Crippen molar-refractivity contribution < 1.29 is 4.74 Å². The predicted molar refractivity (Wildman–Crippen MR) is 77.0 cm³/mol. The van der Waals surface area contributed by atoms with Crippen molar-refractivity contribution in [1.82, 2.24) is 10.3 Å². The molecule has 1 aromatic carbocycles. The Bertz CT molecular complexity index is 497. The largest absolute Gasteiger partial charge is 0.489 e. The van der Waals surface area contributed by atoms with Crippen LogP contribution in [0.5, 0.6) is 5.75 Å². The minimum atomic E-state index is 0.487. The standard InChI is InChI=1S/C16H20N2O/c1-13(2)18-11-15-4-3-5-16(10-15)19-12-14-6-8-17-9-7-14/h3-10,13,18H,11-12H2,1-2H3. The van der Waals surface area contributed by atoms with Crippen LogP contribution in [0.4, 0.5) is 0 Å². The lowest BCUT2D eigenvalue weighted by atomic mass is 10.2. The summed E-state index contributed by atoms with van der Waals surface area (Å²) in [5.41, 5.74) is 2.36. The molecule has 0 aliphatic heterocycles. The summed E-state index contributed by atoms with van der Waals surface area (Å²) in [6, 6.07) is 12.6. The number of aromatic nitrogens is 1. The van der Waals surface area contributed by atoms with E-state index in [0.717, 1.165) is 17.9 Å². The van der Waals surface area contributed by atoms with Gasteiger partial charge < -0.3 is 10.1 Å². The molecule has 0 saturated heterocycles. The summed E-state index contributed by atoms with van der Waals surface area (Å²) in [5.74, 6) is 0.903. The fourth-order valence-electron chi connectivity index (χ4n) is 1.71. The highest BCUT2D eigenvalue weighted by molar-refractivity contribution is 5.28. The average molecular weight is 256 g/mol. The fraction of sp³-hybridized carbons (Fsp3) is 0.312. The Kier molecular flexibility index (Phi) is 4.93. The Hall–Kier alpha value is -1.87. The Labute approximate surface area is 114 Å². The number of pyridine rings is 1. The molecular formula is C16H20N2O. The van der Waals surface area contributed by atoms with Crippen LogP contribution in [-0.2, 0) is 13.2 Å². The Morgan fingerprint density at radius 1 is 1.11 bits per heavy atom. The van der Waals surface area contributed by atoms with Gasteiger partial charge in [-0.3, -0.25) is 4.98 Å². The van der Waals surface area contributed by atoms with Crippen LogP contribution in [-0.4, -0.2) is 11.0 Å². The van der Waals surface area contributed by atoms with Gasteiger partial charge in [0, 0.05) is 25.0 Å². The van der Waals surface area contributed by atoms with Gasteiger partial charge in [0.25, 0.3) is 0 Å². The van der Waals surface area contributed by atoms with Crippen LogP contribution in [0, 0.1) is 0 Å². The lowest BCUT2D eigenvalue weighted by Crippen LogP contribution is -2.21. The van der Waals surface area contributed by atoms with Gasteiger partial charge in [0.05, 0.1) is 0 Å². The van der Waals surface area contributed by atoms with Gasteiger partial charge in [0.1, 0.15) is 12.4 Å². The molecule has 0 aliphatic rings. The second-order valence-electron chi connectivity index (χ2n) is 4.83.